The second-order valence-corrected chi connectivity index (χ2v) is 8.71. The van der Waals surface area contributed by atoms with E-state index >= 15 is 0 Å². The van der Waals surface area contributed by atoms with Gasteiger partial charge in [-0.15, -0.1) is 0 Å². The van der Waals surface area contributed by atoms with E-state index in [1.807, 2.05) is 12.1 Å². The normalized spacial score (nSPS) is 19.1. The van der Waals surface area contributed by atoms with Crippen LogP contribution in [-0.2, 0) is 4.79 Å². The summed E-state index contributed by atoms with van der Waals surface area (Å²) in [5.74, 6) is 6.58. The number of carbonyl (C=O) groups excluding carboxylic acids is 2. The van der Waals surface area contributed by atoms with Crippen LogP contribution in [0.15, 0.2) is 24.3 Å². The van der Waals surface area contributed by atoms with Crippen LogP contribution < -0.4 is 5.84 Å². The average Bonchev–Trinajstić information content (AvgIpc) is 2.76. The zero-order valence-electron chi connectivity index (χ0n) is 18.5. The minimum atomic E-state index is -0.406. The first-order valence-electron chi connectivity index (χ1n) is 11.8. The van der Waals surface area contributed by atoms with Gasteiger partial charge in [-0.2, -0.15) is 0 Å². The minimum absolute atomic E-state index is 0.295. The fourth-order valence-corrected chi connectivity index (χ4v) is 4.44. The molecule has 0 unspecified atom stereocenters. The molecule has 0 atom stereocenters. The van der Waals surface area contributed by atoms with Crippen LogP contribution in [0.1, 0.15) is 119 Å². The quantitative estimate of drug-likeness (QED) is 0.204. The number of hydrogen-bond donors (Lipinski definition) is 1. The highest BCUT2D eigenvalue weighted by Crippen LogP contribution is 2.37. The van der Waals surface area contributed by atoms with E-state index in [9.17, 15) is 9.59 Å². The number of rotatable bonds is 11. The summed E-state index contributed by atoms with van der Waals surface area (Å²) in [5.41, 5.74) is 1.80. The second-order valence-electron chi connectivity index (χ2n) is 8.71. The highest BCUT2D eigenvalue weighted by atomic mass is 16.2. The molecule has 1 aromatic carbocycles. The number of hydrogen-bond acceptors (Lipinski definition) is 3. The second kappa shape index (κ2) is 12.8. The molecule has 0 bridgehead atoms. The van der Waals surface area contributed by atoms with Gasteiger partial charge in [0.15, 0.2) is 0 Å². The first-order valence-corrected chi connectivity index (χ1v) is 11.8. The van der Waals surface area contributed by atoms with Gasteiger partial charge in [-0.1, -0.05) is 70.9 Å². The van der Waals surface area contributed by atoms with Crippen molar-refractivity contribution in [1.82, 2.24) is 5.01 Å². The number of benzene rings is 1. The fraction of sp³-hybridized carbons (Fsp3) is 0.680. The smallest absolute Gasteiger partial charge is 0.273 e. The lowest BCUT2D eigenvalue weighted by Gasteiger charge is -2.29. The van der Waals surface area contributed by atoms with Crippen molar-refractivity contribution >= 4 is 11.8 Å². The first-order chi connectivity index (χ1) is 14.1. The molecule has 0 heterocycles. The van der Waals surface area contributed by atoms with Crippen LogP contribution >= 0.6 is 0 Å². The third-order valence-corrected chi connectivity index (χ3v) is 6.42. The van der Waals surface area contributed by atoms with E-state index in [0.29, 0.717) is 17.9 Å². The maximum absolute atomic E-state index is 12.5. The molecule has 4 nitrogen and oxygen atoms in total. The van der Waals surface area contributed by atoms with Crippen molar-refractivity contribution in [3.8, 4) is 0 Å². The molecule has 1 aliphatic rings. The van der Waals surface area contributed by atoms with E-state index in [1.165, 1.54) is 56.9 Å². The van der Waals surface area contributed by atoms with Crippen molar-refractivity contribution in [3.05, 3.63) is 35.4 Å². The van der Waals surface area contributed by atoms with Gasteiger partial charge >= 0.3 is 0 Å². The predicted octanol–water partition coefficient (Wildman–Crippen LogP) is 6.35. The van der Waals surface area contributed by atoms with Gasteiger partial charge in [0, 0.05) is 12.0 Å². The largest absolute Gasteiger partial charge is 0.274 e. The Bertz CT molecular complexity index is 618. The summed E-state index contributed by atoms with van der Waals surface area (Å²) in [4.78, 5) is 24.7. The number of carbonyl (C=O) groups is 2. The van der Waals surface area contributed by atoms with Crippen molar-refractivity contribution in [2.75, 3.05) is 0 Å². The molecule has 0 aliphatic heterocycles. The molecule has 0 aromatic heterocycles. The van der Waals surface area contributed by atoms with Crippen LogP contribution in [-0.4, -0.2) is 16.8 Å². The van der Waals surface area contributed by atoms with Gasteiger partial charge in [-0.25, -0.2) is 10.9 Å². The van der Waals surface area contributed by atoms with Crippen molar-refractivity contribution in [1.29, 1.82) is 0 Å². The Balaban J connectivity index is 1.82. The Hall–Kier alpha value is -1.68. The molecule has 1 aromatic rings. The van der Waals surface area contributed by atoms with Gasteiger partial charge in [-0.3, -0.25) is 9.59 Å². The zero-order valence-corrected chi connectivity index (χ0v) is 18.5. The molecule has 2 amide bonds. The van der Waals surface area contributed by atoms with Crippen LogP contribution in [0.5, 0.6) is 0 Å². The van der Waals surface area contributed by atoms with Crippen molar-refractivity contribution in [2.24, 2.45) is 11.8 Å². The van der Waals surface area contributed by atoms with Crippen LogP contribution in [0.3, 0.4) is 0 Å². The zero-order chi connectivity index (χ0) is 21.1. The molecule has 2 rings (SSSR count). The SMILES string of the molecule is CCCCCCC(=O)N(N)C(=O)c1ccc(C2CCC(CCCCC)CC2)cc1. The van der Waals surface area contributed by atoms with Gasteiger partial charge in [0.25, 0.3) is 5.91 Å². The summed E-state index contributed by atoms with van der Waals surface area (Å²) in [6.07, 6.45) is 14.9. The van der Waals surface area contributed by atoms with Crippen molar-refractivity contribution < 1.29 is 9.59 Å². The highest BCUT2D eigenvalue weighted by molar-refractivity contribution is 6.04. The number of nitrogens with zero attached hydrogens (tertiary/aromatic N) is 1. The Labute approximate surface area is 177 Å². The van der Waals surface area contributed by atoms with Crippen molar-refractivity contribution in [2.45, 2.75) is 103 Å². The number of imide groups is 1. The summed E-state index contributed by atoms with van der Waals surface area (Å²) in [7, 11) is 0. The Morgan fingerprint density at radius 1 is 0.897 bits per heavy atom. The van der Waals surface area contributed by atoms with E-state index in [1.54, 1.807) is 0 Å². The van der Waals surface area contributed by atoms with Gasteiger partial charge in [-0.05, 0) is 61.6 Å². The Morgan fingerprint density at radius 2 is 1.52 bits per heavy atom. The molecule has 2 N–H and O–H groups in total. The Kier molecular flexibility index (Phi) is 10.4. The first kappa shape index (κ1) is 23.6. The number of unbranched alkanes of at least 4 members (excludes halogenated alkanes) is 5. The fourth-order valence-electron chi connectivity index (χ4n) is 4.44. The van der Waals surface area contributed by atoms with E-state index < -0.39 is 5.91 Å². The molecule has 1 fully saturated rings. The van der Waals surface area contributed by atoms with Gasteiger partial charge in [0.2, 0.25) is 5.91 Å². The third kappa shape index (κ3) is 7.58. The standard InChI is InChI=1S/C25H40N2O2/c1-3-5-7-9-11-24(28)27(26)25(29)23-18-16-22(17-19-23)21-14-12-20(13-15-21)10-8-6-4-2/h16-21H,3-15,26H2,1-2H3. The average molecular weight is 401 g/mol. The van der Waals surface area contributed by atoms with Gasteiger partial charge in [0.05, 0.1) is 0 Å². The summed E-state index contributed by atoms with van der Waals surface area (Å²) in [6, 6.07) is 7.76. The lowest BCUT2D eigenvalue weighted by atomic mass is 9.77. The van der Waals surface area contributed by atoms with Crippen LogP contribution in [0.4, 0.5) is 0 Å². The van der Waals surface area contributed by atoms with Crippen molar-refractivity contribution in [3.63, 3.8) is 0 Å². The molecule has 162 valence electrons. The predicted molar refractivity (Wildman–Crippen MR) is 119 cm³/mol. The minimum Gasteiger partial charge on any atom is -0.273 e. The maximum Gasteiger partial charge on any atom is 0.274 e. The lowest BCUT2D eigenvalue weighted by molar-refractivity contribution is -0.129. The Morgan fingerprint density at radius 3 is 2.14 bits per heavy atom. The van der Waals surface area contributed by atoms with Crippen LogP contribution in [0, 0.1) is 5.92 Å². The molecule has 0 spiro atoms. The summed E-state index contributed by atoms with van der Waals surface area (Å²) in [6.45, 7) is 4.39. The number of amides is 2. The molecule has 29 heavy (non-hydrogen) atoms. The topological polar surface area (TPSA) is 63.4 Å². The molecule has 4 heteroatoms. The summed E-state index contributed by atoms with van der Waals surface area (Å²) < 4.78 is 0. The molecule has 1 saturated carbocycles. The number of hydrazine groups is 1. The maximum atomic E-state index is 12.5. The van der Waals surface area contributed by atoms with E-state index in [-0.39, 0.29) is 5.91 Å². The van der Waals surface area contributed by atoms with E-state index in [2.05, 4.69) is 26.0 Å². The molecule has 0 radical (unpaired) electrons. The van der Waals surface area contributed by atoms with E-state index in [0.717, 1.165) is 36.6 Å². The molecular formula is C25H40N2O2. The molecule has 0 saturated heterocycles. The number of nitrogens with two attached hydrogens (primary N) is 1. The van der Waals surface area contributed by atoms with Gasteiger partial charge < -0.3 is 0 Å². The highest BCUT2D eigenvalue weighted by Gasteiger charge is 2.23. The lowest BCUT2D eigenvalue weighted by Crippen LogP contribution is -2.42. The van der Waals surface area contributed by atoms with Crippen LogP contribution in [0.2, 0.25) is 0 Å². The summed E-state index contributed by atoms with van der Waals surface area (Å²) in [5, 5.41) is 0.794. The van der Waals surface area contributed by atoms with E-state index in [4.69, 9.17) is 5.84 Å². The molecular weight excluding hydrogens is 360 g/mol. The van der Waals surface area contributed by atoms with Crippen LogP contribution in [0.25, 0.3) is 0 Å². The molecule has 1 aliphatic carbocycles. The summed E-state index contributed by atoms with van der Waals surface area (Å²) >= 11 is 0. The monoisotopic (exact) mass is 400 g/mol. The third-order valence-electron chi connectivity index (χ3n) is 6.42. The van der Waals surface area contributed by atoms with Gasteiger partial charge in [0.1, 0.15) is 0 Å².